The molecule has 0 atom stereocenters. The molecule has 0 aliphatic heterocycles. The molecule has 0 fully saturated rings. The van der Waals surface area contributed by atoms with Crippen LogP contribution in [0.2, 0.25) is 0 Å². The van der Waals surface area contributed by atoms with Crippen molar-refractivity contribution in [2.75, 3.05) is 13.2 Å². The molecule has 1 aromatic rings. The van der Waals surface area contributed by atoms with Crippen LogP contribution in [0, 0.1) is 6.92 Å². The molecule has 0 saturated heterocycles. The van der Waals surface area contributed by atoms with Crippen molar-refractivity contribution >= 4 is 0 Å². The Labute approximate surface area is 131 Å². The van der Waals surface area contributed by atoms with Crippen LogP contribution in [0.3, 0.4) is 0 Å². The Hall–Kier alpha value is -1.02. The Morgan fingerprint density at radius 3 is 1.81 bits per heavy atom. The van der Waals surface area contributed by atoms with Gasteiger partial charge in [-0.05, 0) is 37.5 Å². The number of hydrogen-bond donors (Lipinski definition) is 1. The molecule has 0 radical (unpaired) electrons. The third-order valence-corrected chi connectivity index (χ3v) is 3.29. The number of unbranched alkanes of at least 4 members (excludes halogenated alkanes) is 6. The van der Waals surface area contributed by atoms with Crippen LogP contribution >= 0.6 is 0 Å². The van der Waals surface area contributed by atoms with Gasteiger partial charge in [-0.3, -0.25) is 0 Å². The zero-order chi connectivity index (χ0) is 15.8. The fraction of sp³-hybridized carbons (Fsp3) is 0.684. The minimum Gasteiger partial charge on any atom is -0.508 e. The lowest BCUT2D eigenvalue weighted by Crippen LogP contribution is -1.96. The van der Waals surface area contributed by atoms with E-state index in [0.717, 1.165) is 18.8 Å². The predicted molar refractivity (Wildman–Crippen MR) is 91.9 cm³/mol. The molecular formula is C19H34O2. The van der Waals surface area contributed by atoms with Crippen molar-refractivity contribution in [3.05, 3.63) is 29.8 Å². The summed E-state index contributed by atoms with van der Waals surface area (Å²) >= 11 is 0. The predicted octanol–water partition coefficient (Wildman–Crippen LogP) is 5.86. The van der Waals surface area contributed by atoms with Gasteiger partial charge >= 0.3 is 0 Å². The lowest BCUT2D eigenvalue weighted by Gasteiger charge is -2.03. The van der Waals surface area contributed by atoms with Crippen LogP contribution in [0.1, 0.15) is 70.8 Å². The van der Waals surface area contributed by atoms with Gasteiger partial charge in [0, 0.05) is 13.2 Å². The van der Waals surface area contributed by atoms with Crippen molar-refractivity contribution in [1.82, 2.24) is 0 Å². The van der Waals surface area contributed by atoms with Crippen molar-refractivity contribution < 1.29 is 9.84 Å². The first-order valence-corrected chi connectivity index (χ1v) is 8.54. The number of aromatic hydroxyl groups is 1. The first-order chi connectivity index (χ1) is 10.2. The number of phenolic OH excluding ortho intramolecular Hbond substituents is 1. The summed E-state index contributed by atoms with van der Waals surface area (Å²) in [5, 5.41) is 8.81. The van der Waals surface area contributed by atoms with Gasteiger partial charge < -0.3 is 9.84 Å². The van der Waals surface area contributed by atoms with Crippen LogP contribution < -0.4 is 0 Å². The summed E-state index contributed by atoms with van der Waals surface area (Å²) in [4.78, 5) is 0. The topological polar surface area (TPSA) is 29.5 Å². The van der Waals surface area contributed by atoms with E-state index in [9.17, 15) is 0 Å². The summed E-state index contributed by atoms with van der Waals surface area (Å²) in [6.07, 6.45) is 10.5. The Balaban J connectivity index is 0.000000423. The Morgan fingerprint density at radius 1 is 0.857 bits per heavy atom. The highest BCUT2D eigenvalue weighted by Gasteiger charge is 1.90. The minimum atomic E-state index is 0.338. The molecular weight excluding hydrogens is 260 g/mol. The van der Waals surface area contributed by atoms with Gasteiger partial charge in [-0.15, -0.1) is 0 Å². The second-order valence-electron chi connectivity index (χ2n) is 5.57. The summed E-state index contributed by atoms with van der Waals surface area (Å²) in [5.74, 6) is 0.338. The maximum absolute atomic E-state index is 8.81. The number of hydrogen-bond acceptors (Lipinski definition) is 2. The van der Waals surface area contributed by atoms with Crippen molar-refractivity contribution in [3.8, 4) is 5.75 Å². The molecule has 0 saturated carbocycles. The van der Waals surface area contributed by atoms with Gasteiger partial charge in [0.25, 0.3) is 0 Å². The quantitative estimate of drug-likeness (QED) is 0.547. The van der Waals surface area contributed by atoms with Gasteiger partial charge in [0.2, 0.25) is 0 Å². The summed E-state index contributed by atoms with van der Waals surface area (Å²) in [5.41, 5.74) is 1.09. The molecule has 0 heterocycles. The van der Waals surface area contributed by atoms with E-state index in [2.05, 4.69) is 13.8 Å². The Bertz CT molecular complexity index is 296. The Kier molecular flexibility index (Phi) is 14.6. The van der Waals surface area contributed by atoms with Crippen molar-refractivity contribution in [2.24, 2.45) is 0 Å². The van der Waals surface area contributed by atoms with E-state index < -0.39 is 0 Å². The number of rotatable bonds is 10. The van der Waals surface area contributed by atoms with Crippen LogP contribution in [0.5, 0.6) is 5.75 Å². The molecule has 0 amide bonds. The monoisotopic (exact) mass is 294 g/mol. The largest absolute Gasteiger partial charge is 0.508 e. The van der Waals surface area contributed by atoms with Crippen LogP contribution in [-0.4, -0.2) is 18.3 Å². The van der Waals surface area contributed by atoms with Gasteiger partial charge in [-0.1, -0.05) is 64.5 Å². The van der Waals surface area contributed by atoms with Gasteiger partial charge in [0.15, 0.2) is 0 Å². The van der Waals surface area contributed by atoms with Gasteiger partial charge in [-0.2, -0.15) is 0 Å². The van der Waals surface area contributed by atoms with Crippen molar-refractivity contribution in [2.45, 2.75) is 72.1 Å². The minimum absolute atomic E-state index is 0.338. The number of benzene rings is 1. The summed E-state index contributed by atoms with van der Waals surface area (Å²) < 4.78 is 5.53. The number of ether oxygens (including phenoxy) is 1. The maximum atomic E-state index is 8.81. The fourth-order valence-corrected chi connectivity index (χ4v) is 1.99. The standard InChI is InChI=1S/C12H26O.C7H8O/c1-3-5-7-9-11-13-12-10-8-6-4-2;1-6-3-2-4-7(8)5-6/h3-12H2,1-2H3;2-5,8H,1H3. The van der Waals surface area contributed by atoms with E-state index in [0.29, 0.717) is 5.75 Å². The van der Waals surface area contributed by atoms with Gasteiger partial charge in [0.1, 0.15) is 5.75 Å². The molecule has 0 aliphatic rings. The molecule has 0 unspecified atom stereocenters. The smallest absolute Gasteiger partial charge is 0.115 e. The second kappa shape index (κ2) is 15.4. The van der Waals surface area contributed by atoms with E-state index in [1.165, 1.54) is 51.4 Å². The van der Waals surface area contributed by atoms with Gasteiger partial charge in [-0.25, -0.2) is 0 Å². The molecule has 1 N–H and O–H groups in total. The summed E-state index contributed by atoms with van der Waals surface area (Å²) in [6, 6.07) is 7.15. The second-order valence-corrected chi connectivity index (χ2v) is 5.57. The number of aryl methyl sites for hydroxylation is 1. The van der Waals surface area contributed by atoms with Crippen molar-refractivity contribution in [3.63, 3.8) is 0 Å². The molecule has 2 nitrogen and oxygen atoms in total. The average molecular weight is 294 g/mol. The SMILES string of the molecule is CCCCCCOCCCCCC.Cc1cccc(O)c1. The summed E-state index contributed by atoms with van der Waals surface area (Å²) in [6.45, 7) is 8.38. The van der Waals surface area contributed by atoms with Crippen LogP contribution in [-0.2, 0) is 4.74 Å². The Morgan fingerprint density at radius 2 is 1.43 bits per heavy atom. The zero-order valence-corrected chi connectivity index (χ0v) is 14.2. The van der Waals surface area contributed by atoms with Crippen molar-refractivity contribution in [1.29, 1.82) is 0 Å². The highest BCUT2D eigenvalue weighted by molar-refractivity contribution is 5.25. The normalized spacial score (nSPS) is 10.0. The maximum Gasteiger partial charge on any atom is 0.115 e. The van der Waals surface area contributed by atoms with E-state index in [-0.39, 0.29) is 0 Å². The molecule has 1 aromatic carbocycles. The molecule has 0 bridgehead atoms. The lowest BCUT2D eigenvalue weighted by molar-refractivity contribution is 0.126. The molecule has 0 aliphatic carbocycles. The van der Waals surface area contributed by atoms with Crippen LogP contribution in [0.25, 0.3) is 0 Å². The third-order valence-electron chi connectivity index (χ3n) is 3.29. The lowest BCUT2D eigenvalue weighted by atomic mass is 10.2. The first-order valence-electron chi connectivity index (χ1n) is 8.54. The van der Waals surface area contributed by atoms with E-state index in [1.54, 1.807) is 12.1 Å². The zero-order valence-electron chi connectivity index (χ0n) is 14.2. The van der Waals surface area contributed by atoms with E-state index in [4.69, 9.17) is 9.84 Å². The number of phenols is 1. The molecule has 0 aromatic heterocycles. The molecule has 122 valence electrons. The van der Waals surface area contributed by atoms with E-state index >= 15 is 0 Å². The molecule has 2 heteroatoms. The first kappa shape index (κ1) is 20.0. The molecule has 1 rings (SSSR count). The van der Waals surface area contributed by atoms with E-state index in [1.807, 2.05) is 19.1 Å². The molecule has 0 spiro atoms. The van der Waals surface area contributed by atoms with Crippen LogP contribution in [0.4, 0.5) is 0 Å². The van der Waals surface area contributed by atoms with Gasteiger partial charge in [0.05, 0.1) is 0 Å². The molecule has 21 heavy (non-hydrogen) atoms. The fourth-order valence-electron chi connectivity index (χ4n) is 1.99. The highest BCUT2D eigenvalue weighted by Crippen LogP contribution is 2.08. The van der Waals surface area contributed by atoms with Crippen LogP contribution in [0.15, 0.2) is 24.3 Å². The third kappa shape index (κ3) is 15.2. The summed E-state index contributed by atoms with van der Waals surface area (Å²) in [7, 11) is 0. The highest BCUT2D eigenvalue weighted by atomic mass is 16.5. The average Bonchev–Trinajstić information content (AvgIpc) is 2.46.